The number of H-pyrrole nitrogens is 1. The second kappa shape index (κ2) is 4.00. The first kappa shape index (κ1) is 8.91. The van der Waals surface area contributed by atoms with E-state index in [1.165, 1.54) is 0 Å². The molecule has 5 heteroatoms. The number of aromatic amines is 1. The van der Waals surface area contributed by atoms with Crippen molar-refractivity contribution in [3.63, 3.8) is 0 Å². The monoisotopic (exact) mass is 209 g/mol. The van der Waals surface area contributed by atoms with E-state index in [9.17, 15) is 0 Å². The van der Waals surface area contributed by atoms with Gasteiger partial charge in [0.1, 0.15) is 12.4 Å². The summed E-state index contributed by atoms with van der Waals surface area (Å²) in [6.07, 6.45) is 2.15. The van der Waals surface area contributed by atoms with E-state index in [-0.39, 0.29) is 0 Å². The van der Waals surface area contributed by atoms with Crippen molar-refractivity contribution in [3.8, 4) is 0 Å². The van der Waals surface area contributed by atoms with Gasteiger partial charge in [-0.2, -0.15) is 0 Å². The zero-order valence-electron chi connectivity index (χ0n) is 6.39. The number of nitrogens with zero attached hydrogens (tertiary/aromatic N) is 1. The SMILES string of the molecule is [B]c1[nH]c([B]CCC)nc1Br. The van der Waals surface area contributed by atoms with Crippen LogP contribution in [0.3, 0.4) is 0 Å². The summed E-state index contributed by atoms with van der Waals surface area (Å²) in [5.74, 6) is 0. The summed E-state index contributed by atoms with van der Waals surface area (Å²) in [6.45, 7) is 2.12. The molecular weight excluding hydrogens is 202 g/mol. The van der Waals surface area contributed by atoms with E-state index in [1.54, 1.807) is 0 Å². The van der Waals surface area contributed by atoms with Crippen LogP contribution in [0.4, 0.5) is 0 Å². The highest BCUT2D eigenvalue weighted by atomic mass is 79.9. The zero-order chi connectivity index (χ0) is 8.27. The minimum atomic E-state index is 0.590. The fourth-order valence-corrected chi connectivity index (χ4v) is 1.05. The maximum Gasteiger partial charge on any atom is 0.201 e. The van der Waals surface area contributed by atoms with Crippen LogP contribution in [-0.2, 0) is 0 Å². The van der Waals surface area contributed by atoms with Gasteiger partial charge in [0.2, 0.25) is 7.28 Å². The Hall–Kier alpha value is -0.180. The molecule has 3 radical (unpaired) electrons. The Morgan fingerprint density at radius 1 is 1.73 bits per heavy atom. The number of aromatic nitrogens is 2. The molecule has 0 unspecified atom stereocenters. The number of halogens is 1. The fraction of sp³-hybridized carbons (Fsp3) is 0.500. The molecule has 1 aromatic rings. The number of hydrogen-bond donors (Lipinski definition) is 1. The topological polar surface area (TPSA) is 28.7 Å². The van der Waals surface area contributed by atoms with Crippen LogP contribution in [0.15, 0.2) is 4.60 Å². The number of hydrogen-bond acceptors (Lipinski definition) is 1. The van der Waals surface area contributed by atoms with Crippen molar-refractivity contribution >= 4 is 42.4 Å². The smallest absolute Gasteiger partial charge is 0.201 e. The van der Waals surface area contributed by atoms with E-state index < -0.39 is 0 Å². The van der Waals surface area contributed by atoms with E-state index >= 15 is 0 Å². The molecule has 0 aliphatic heterocycles. The molecule has 1 N–H and O–H groups in total. The van der Waals surface area contributed by atoms with Gasteiger partial charge in [0, 0.05) is 0 Å². The molecule has 1 rings (SSSR count). The number of rotatable bonds is 3. The van der Waals surface area contributed by atoms with Crippen molar-refractivity contribution in [2.24, 2.45) is 0 Å². The van der Waals surface area contributed by atoms with Gasteiger partial charge in [-0.1, -0.05) is 19.7 Å². The van der Waals surface area contributed by atoms with E-state index in [2.05, 4.69) is 32.8 Å². The molecule has 0 bridgehead atoms. The summed E-state index contributed by atoms with van der Waals surface area (Å²) < 4.78 is 0.694. The van der Waals surface area contributed by atoms with Crippen molar-refractivity contribution < 1.29 is 0 Å². The van der Waals surface area contributed by atoms with Crippen LogP contribution in [-0.4, -0.2) is 25.1 Å². The van der Waals surface area contributed by atoms with Gasteiger partial charge >= 0.3 is 0 Å². The molecule has 0 spiro atoms. The quantitative estimate of drug-likeness (QED) is 0.705. The Morgan fingerprint density at radius 2 is 2.45 bits per heavy atom. The fourth-order valence-electron chi connectivity index (χ4n) is 0.761. The van der Waals surface area contributed by atoms with Gasteiger partial charge in [-0.15, -0.1) is 0 Å². The van der Waals surface area contributed by atoms with E-state index in [1.807, 2.05) is 7.28 Å². The van der Waals surface area contributed by atoms with Crippen molar-refractivity contribution in [2.45, 2.75) is 19.7 Å². The van der Waals surface area contributed by atoms with Gasteiger partial charge in [0.05, 0.1) is 5.72 Å². The van der Waals surface area contributed by atoms with Crippen LogP contribution in [0.5, 0.6) is 0 Å². The average Bonchev–Trinajstić information content (AvgIpc) is 2.28. The Bertz CT molecular complexity index is 217. The summed E-state index contributed by atoms with van der Waals surface area (Å²) in [6, 6.07) is 0. The lowest BCUT2D eigenvalue weighted by Gasteiger charge is -1.89. The van der Waals surface area contributed by atoms with Crippen LogP contribution in [0.1, 0.15) is 13.3 Å². The van der Waals surface area contributed by atoms with E-state index in [0.29, 0.717) is 10.2 Å². The van der Waals surface area contributed by atoms with E-state index in [0.717, 1.165) is 18.5 Å². The summed E-state index contributed by atoms with van der Waals surface area (Å²) in [4.78, 5) is 7.07. The van der Waals surface area contributed by atoms with Gasteiger partial charge in [0.15, 0.2) is 0 Å². The normalized spacial score (nSPS) is 10.0. The molecule has 55 valence electrons. The third-order valence-electron chi connectivity index (χ3n) is 1.33. The summed E-state index contributed by atoms with van der Waals surface area (Å²) in [5.41, 5.74) is 1.43. The molecule has 0 amide bonds. The predicted octanol–water partition coefficient (Wildman–Crippen LogP) is 0.124. The second-order valence-electron chi connectivity index (χ2n) is 2.32. The highest BCUT2D eigenvalue weighted by Crippen LogP contribution is 1.95. The van der Waals surface area contributed by atoms with Gasteiger partial charge in [0.25, 0.3) is 0 Å². The molecule has 0 atom stereocenters. The van der Waals surface area contributed by atoms with Gasteiger partial charge in [-0.25, -0.2) is 4.98 Å². The van der Waals surface area contributed by atoms with Crippen molar-refractivity contribution in [1.29, 1.82) is 0 Å². The van der Waals surface area contributed by atoms with Gasteiger partial charge in [-0.3, -0.25) is 0 Å². The summed E-state index contributed by atoms with van der Waals surface area (Å²) in [5, 5.41) is 0. The molecule has 11 heavy (non-hydrogen) atoms. The van der Waals surface area contributed by atoms with Gasteiger partial charge in [-0.05, 0) is 21.5 Å². The van der Waals surface area contributed by atoms with Crippen molar-refractivity contribution in [3.05, 3.63) is 4.60 Å². The molecule has 0 aromatic carbocycles. The van der Waals surface area contributed by atoms with Crippen LogP contribution in [0, 0.1) is 0 Å². The summed E-state index contributed by atoms with van der Waals surface area (Å²) in [7, 11) is 7.56. The highest BCUT2D eigenvalue weighted by Gasteiger charge is 2.02. The molecular formula is C6H8B2BrN2. The highest BCUT2D eigenvalue weighted by molar-refractivity contribution is 9.10. The Labute approximate surface area is 77.0 Å². The maximum atomic E-state index is 5.53. The molecule has 0 fully saturated rings. The first-order valence-electron chi connectivity index (χ1n) is 3.58. The third-order valence-corrected chi connectivity index (χ3v) is 1.93. The summed E-state index contributed by atoms with van der Waals surface area (Å²) >= 11 is 3.22. The Kier molecular flexibility index (Phi) is 3.24. The minimum Gasteiger partial charge on any atom is -0.363 e. The lowest BCUT2D eigenvalue weighted by molar-refractivity contribution is 1.07. The largest absolute Gasteiger partial charge is 0.363 e. The van der Waals surface area contributed by atoms with Crippen LogP contribution >= 0.6 is 15.9 Å². The lowest BCUT2D eigenvalue weighted by atomic mass is 9.73. The third kappa shape index (κ3) is 2.40. The standard InChI is InChI=1S/C6H8B2BrN2/c1-2-3-8-6-10-4(7)5(9)11-6/h2-3H2,1H3,(H,10,11). The molecule has 0 aliphatic carbocycles. The first-order chi connectivity index (χ1) is 5.24. The Balaban J connectivity index is 2.58. The number of imidazole rings is 1. The molecule has 1 aromatic heterocycles. The van der Waals surface area contributed by atoms with Crippen LogP contribution in [0.25, 0.3) is 0 Å². The predicted molar refractivity (Wildman–Crippen MR) is 52.2 cm³/mol. The van der Waals surface area contributed by atoms with Gasteiger partial charge < -0.3 is 4.98 Å². The lowest BCUT2D eigenvalue weighted by Crippen LogP contribution is -2.20. The molecule has 0 saturated heterocycles. The molecule has 1 heterocycles. The zero-order valence-corrected chi connectivity index (χ0v) is 7.98. The van der Waals surface area contributed by atoms with Crippen LogP contribution < -0.4 is 11.3 Å². The van der Waals surface area contributed by atoms with E-state index in [4.69, 9.17) is 7.85 Å². The van der Waals surface area contributed by atoms with Crippen molar-refractivity contribution in [2.75, 3.05) is 0 Å². The Morgan fingerprint density at radius 3 is 2.91 bits per heavy atom. The maximum absolute atomic E-state index is 5.53. The second-order valence-corrected chi connectivity index (χ2v) is 3.07. The minimum absolute atomic E-state index is 0.590. The molecule has 2 nitrogen and oxygen atoms in total. The number of nitrogens with one attached hydrogen (secondary N) is 1. The first-order valence-corrected chi connectivity index (χ1v) is 4.37. The van der Waals surface area contributed by atoms with Crippen LogP contribution in [0.2, 0.25) is 6.32 Å². The molecule has 0 aliphatic rings. The average molecular weight is 210 g/mol. The van der Waals surface area contributed by atoms with Crippen molar-refractivity contribution in [1.82, 2.24) is 9.97 Å². The molecule has 0 saturated carbocycles.